The summed E-state index contributed by atoms with van der Waals surface area (Å²) in [5.74, 6) is 1.79. The SMILES string of the molecule is O=S(=O)(c1ccc(SC(F)(F)F)cc1)N1CCCC(c2nnc3n2CCCCC3)C1. The fourth-order valence-corrected chi connectivity index (χ4v) is 6.21. The molecular formula is C19H23F3N4O2S2. The van der Waals surface area contributed by atoms with Gasteiger partial charge in [-0.25, -0.2) is 8.42 Å². The Hall–Kier alpha value is -1.59. The number of hydrogen-bond donors (Lipinski definition) is 0. The molecule has 0 bridgehead atoms. The number of thioether (sulfide) groups is 1. The van der Waals surface area contributed by atoms with Crippen LogP contribution in [0.2, 0.25) is 0 Å². The summed E-state index contributed by atoms with van der Waals surface area (Å²) >= 11 is -0.257. The monoisotopic (exact) mass is 460 g/mol. The average molecular weight is 461 g/mol. The van der Waals surface area contributed by atoms with Gasteiger partial charge in [0, 0.05) is 36.9 Å². The van der Waals surface area contributed by atoms with Crippen molar-refractivity contribution in [1.29, 1.82) is 0 Å². The summed E-state index contributed by atoms with van der Waals surface area (Å²) in [6.45, 7) is 1.55. The lowest BCUT2D eigenvalue weighted by atomic mass is 9.99. The predicted octanol–water partition coefficient (Wildman–Crippen LogP) is 4.18. The molecule has 0 radical (unpaired) electrons. The molecule has 4 rings (SSSR count). The molecule has 1 fully saturated rings. The highest BCUT2D eigenvalue weighted by molar-refractivity contribution is 8.00. The van der Waals surface area contributed by atoms with Crippen LogP contribution in [0.4, 0.5) is 13.2 Å². The van der Waals surface area contributed by atoms with Crippen molar-refractivity contribution in [2.45, 2.75) is 66.3 Å². The van der Waals surface area contributed by atoms with Gasteiger partial charge in [0.05, 0.1) is 4.90 Å². The summed E-state index contributed by atoms with van der Waals surface area (Å²) in [6.07, 6.45) is 5.74. The molecule has 164 valence electrons. The van der Waals surface area contributed by atoms with Gasteiger partial charge in [0.2, 0.25) is 10.0 Å². The van der Waals surface area contributed by atoms with Crippen LogP contribution in [0.3, 0.4) is 0 Å². The van der Waals surface area contributed by atoms with Crippen LogP contribution in [0.25, 0.3) is 0 Å². The fourth-order valence-electron chi connectivity index (χ4n) is 4.14. The van der Waals surface area contributed by atoms with E-state index in [-0.39, 0.29) is 27.5 Å². The molecule has 2 aromatic rings. The Balaban J connectivity index is 1.52. The quantitative estimate of drug-likeness (QED) is 0.640. The average Bonchev–Trinajstić information content (AvgIpc) is 2.95. The topological polar surface area (TPSA) is 68.1 Å². The van der Waals surface area contributed by atoms with Crippen LogP contribution in [0.1, 0.15) is 49.7 Å². The van der Waals surface area contributed by atoms with E-state index in [9.17, 15) is 21.6 Å². The Bertz CT molecular complexity index is 990. The van der Waals surface area contributed by atoms with E-state index in [0.717, 1.165) is 50.3 Å². The molecule has 0 aliphatic carbocycles. The number of halogens is 3. The number of fused-ring (bicyclic) bond motifs is 1. The summed E-state index contributed by atoms with van der Waals surface area (Å²) in [7, 11) is -3.79. The van der Waals surface area contributed by atoms with Gasteiger partial charge < -0.3 is 4.57 Å². The zero-order valence-electron chi connectivity index (χ0n) is 16.3. The Labute approximate surface area is 177 Å². The Morgan fingerprint density at radius 3 is 2.50 bits per heavy atom. The van der Waals surface area contributed by atoms with Gasteiger partial charge in [-0.05, 0) is 61.7 Å². The van der Waals surface area contributed by atoms with Gasteiger partial charge in [-0.1, -0.05) is 6.42 Å². The number of alkyl halides is 3. The van der Waals surface area contributed by atoms with Gasteiger partial charge in [-0.3, -0.25) is 0 Å². The third-order valence-corrected chi connectivity index (χ3v) is 8.20. The molecule has 2 aliphatic rings. The van der Waals surface area contributed by atoms with Crippen molar-refractivity contribution >= 4 is 21.8 Å². The minimum absolute atomic E-state index is 0.00902. The minimum atomic E-state index is -4.41. The van der Waals surface area contributed by atoms with E-state index in [4.69, 9.17) is 0 Å². The Kier molecular flexibility index (Phi) is 6.13. The lowest BCUT2D eigenvalue weighted by Crippen LogP contribution is -2.39. The van der Waals surface area contributed by atoms with E-state index >= 15 is 0 Å². The predicted molar refractivity (Wildman–Crippen MR) is 107 cm³/mol. The molecular weight excluding hydrogens is 437 g/mol. The van der Waals surface area contributed by atoms with Crippen molar-refractivity contribution in [3.05, 3.63) is 35.9 Å². The second-order valence-electron chi connectivity index (χ2n) is 7.66. The van der Waals surface area contributed by atoms with Crippen LogP contribution in [0.15, 0.2) is 34.1 Å². The van der Waals surface area contributed by atoms with Crippen molar-refractivity contribution in [2.75, 3.05) is 13.1 Å². The molecule has 0 N–H and O–H groups in total. The van der Waals surface area contributed by atoms with Crippen molar-refractivity contribution < 1.29 is 21.6 Å². The zero-order valence-corrected chi connectivity index (χ0v) is 17.9. The molecule has 2 aliphatic heterocycles. The van der Waals surface area contributed by atoms with Crippen LogP contribution in [-0.2, 0) is 23.0 Å². The molecule has 1 atom stereocenters. The number of benzene rings is 1. The Morgan fingerprint density at radius 1 is 1.00 bits per heavy atom. The first-order valence-corrected chi connectivity index (χ1v) is 12.3. The summed E-state index contributed by atoms with van der Waals surface area (Å²) < 4.78 is 67.3. The lowest BCUT2D eigenvalue weighted by molar-refractivity contribution is -0.0328. The fraction of sp³-hybridized carbons (Fsp3) is 0.579. The van der Waals surface area contributed by atoms with E-state index < -0.39 is 15.5 Å². The first-order valence-electron chi connectivity index (χ1n) is 10.0. The maximum absolute atomic E-state index is 13.1. The third kappa shape index (κ3) is 4.67. The van der Waals surface area contributed by atoms with Crippen molar-refractivity contribution in [3.63, 3.8) is 0 Å². The number of piperidine rings is 1. The molecule has 0 saturated carbocycles. The highest BCUT2D eigenvalue weighted by Crippen LogP contribution is 2.37. The van der Waals surface area contributed by atoms with E-state index in [1.807, 2.05) is 0 Å². The van der Waals surface area contributed by atoms with Gasteiger partial charge >= 0.3 is 5.51 Å². The third-order valence-electron chi connectivity index (χ3n) is 5.58. The molecule has 1 aromatic heterocycles. The smallest absolute Gasteiger partial charge is 0.315 e. The van der Waals surface area contributed by atoms with Crippen molar-refractivity contribution in [3.8, 4) is 0 Å². The van der Waals surface area contributed by atoms with Crippen LogP contribution in [0, 0.1) is 0 Å². The second-order valence-corrected chi connectivity index (χ2v) is 10.7. The van der Waals surface area contributed by atoms with Gasteiger partial charge in [-0.15, -0.1) is 10.2 Å². The number of hydrogen-bond acceptors (Lipinski definition) is 5. The maximum Gasteiger partial charge on any atom is 0.446 e. The van der Waals surface area contributed by atoms with Gasteiger partial charge in [0.25, 0.3) is 0 Å². The van der Waals surface area contributed by atoms with Crippen molar-refractivity contribution in [2.24, 2.45) is 0 Å². The molecule has 1 aromatic carbocycles. The lowest BCUT2D eigenvalue weighted by Gasteiger charge is -2.31. The van der Waals surface area contributed by atoms with Crippen LogP contribution < -0.4 is 0 Å². The van der Waals surface area contributed by atoms with E-state index in [1.165, 1.54) is 28.6 Å². The van der Waals surface area contributed by atoms with Crippen LogP contribution in [-0.4, -0.2) is 46.1 Å². The van der Waals surface area contributed by atoms with Gasteiger partial charge in [0.15, 0.2) is 0 Å². The highest BCUT2D eigenvalue weighted by Gasteiger charge is 2.34. The number of sulfonamides is 1. The summed E-state index contributed by atoms with van der Waals surface area (Å²) in [6, 6.07) is 4.89. The highest BCUT2D eigenvalue weighted by atomic mass is 32.2. The van der Waals surface area contributed by atoms with Gasteiger partial charge in [0.1, 0.15) is 11.6 Å². The number of nitrogens with zero attached hydrogens (tertiary/aromatic N) is 4. The van der Waals surface area contributed by atoms with E-state index in [1.54, 1.807) is 0 Å². The first kappa shape index (κ1) is 21.6. The molecule has 1 unspecified atom stereocenters. The molecule has 3 heterocycles. The summed E-state index contributed by atoms with van der Waals surface area (Å²) in [4.78, 5) is -0.0288. The molecule has 1 saturated heterocycles. The van der Waals surface area contributed by atoms with Crippen LogP contribution in [0.5, 0.6) is 0 Å². The second kappa shape index (κ2) is 8.51. The van der Waals surface area contributed by atoms with E-state index in [2.05, 4.69) is 14.8 Å². The van der Waals surface area contributed by atoms with Crippen LogP contribution >= 0.6 is 11.8 Å². The standard InChI is InChI=1S/C19H23F3N4O2S2/c20-19(21,22)29-15-7-9-16(10-8-15)30(27,28)25-11-4-5-14(13-25)18-24-23-17-6-2-1-3-12-26(17)18/h7-10,14H,1-6,11-13H2. The molecule has 11 heteroatoms. The number of rotatable bonds is 4. The number of aryl methyl sites for hydroxylation is 1. The van der Waals surface area contributed by atoms with E-state index in [0.29, 0.717) is 19.5 Å². The largest absolute Gasteiger partial charge is 0.446 e. The summed E-state index contributed by atoms with van der Waals surface area (Å²) in [5, 5.41) is 8.71. The summed E-state index contributed by atoms with van der Waals surface area (Å²) in [5.41, 5.74) is -4.41. The maximum atomic E-state index is 13.1. The van der Waals surface area contributed by atoms with Crippen molar-refractivity contribution in [1.82, 2.24) is 19.1 Å². The molecule has 30 heavy (non-hydrogen) atoms. The minimum Gasteiger partial charge on any atom is -0.315 e. The number of aromatic nitrogens is 3. The Morgan fingerprint density at radius 2 is 1.77 bits per heavy atom. The first-order chi connectivity index (χ1) is 14.2. The molecule has 0 amide bonds. The van der Waals surface area contributed by atoms with Gasteiger partial charge in [-0.2, -0.15) is 17.5 Å². The molecule has 6 nitrogen and oxygen atoms in total. The molecule has 0 spiro atoms. The zero-order chi connectivity index (χ0) is 21.4. The normalized spacial score (nSPS) is 21.2.